The Hall–Kier alpha value is -2.28. The maximum atomic E-state index is 12.2. The van der Waals surface area contributed by atoms with Gasteiger partial charge in [-0.25, -0.2) is 0 Å². The number of rotatable bonds is 9. The molecule has 0 bridgehead atoms. The SMILES string of the molecule is COCCNC(=O)c1ccc(NCC(=O)NC(C)c2ccc(Cl)cc2)cc1Cl. The molecule has 28 heavy (non-hydrogen) atoms. The van der Waals surface area contributed by atoms with Gasteiger partial charge in [0.15, 0.2) is 0 Å². The molecule has 0 aliphatic heterocycles. The lowest BCUT2D eigenvalue weighted by atomic mass is 10.1. The Morgan fingerprint density at radius 3 is 2.46 bits per heavy atom. The molecule has 0 aromatic heterocycles. The van der Waals surface area contributed by atoms with E-state index in [0.717, 1.165) is 5.56 Å². The highest BCUT2D eigenvalue weighted by molar-refractivity contribution is 6.34. The highest BCUT2D eigenvalue weighted by Gasteiger charge is 2.12. The van der Waals surface area contributed by atoms with Crippen LogP contribution in [0.3, 0.4) is 0 Å². The molecule has 0 aliphatic carbocycles. The van der Waals surface area contributed by atoms with Crippen molar-refractivity contribution in [1.82, 2.24) is 10.6 Å². The first kappa shape index (κ1) is 22.0. The van der Waals surface area contributed by atoms with Crippen LogP contribution in [0.25, 0.3) is 0 Å². The van der Waals surface area contributed by atoms with Crippen molar-refractivity contribution < 1.29 is 14.3 Å². The lowest BCUT2D eigenvalue weighted by molar-refractivity contribution is -0.120. The molecule has 2 amide bonds. The number of ether oxygens (including phenoxy) is 1. The number of hydrogen-bond acceptors (Lipinski definition) is 4. The molecule has 2 rings (SSSR count). The number of amides is 2. The third-order valence-electron chi connectivity index (χ3n) is 4.01. The van der Waals surface area contributed by atoms with Gasteiger partial charge in [-0.05, 0) is 42.8 Å². The van der Waals surface area contributed by atoms with Crippen molar-refractivity contribution in [2.45, 2.75) is 13.0 Å². The molecule has 0 radical (unpaired) electrons. The van der Waals surface area contributed by atoms with Crippen LogP contribution in [0, 0.1) is 0 Å². The molecule has 0 aliphatic rings. The van der Waals surface area contributed by atoms with E-state index in [2.05, 4.69) is 16.0 Å². The van der Waals surface area contributed by atoms with Crippen LogP contribution >= 0.6 is 23.2 Å². The second-order valence-corrected chi connectivity index (χ2v) is 6.98. The summed E-state index contributed by atoms with van der Waals surface area (Å²) >= 11 is 12.1. The summed E-state index contributed by atoms with van der Waals surface area (Å²) in [6, 6.07) is 12.1. The van der Waals surface area contributed by atoms with Gasteiger partial charge in [0.2, 0.25) is 5.91 Å². The first-order chi connectivity index (χ1) is 13.4. The van der Waals surface area contributed by atoms with Crippen LogP contribution in [0.4, 0.5) is 5.69 Å². The monoisotopic (exact) mass is 423 g/mol. The molecular weight excluding hydrogens is 401 g/mol. The van der Waals surface area contributed by atoms with Crippen LogP contribution in [0.2, 0.25) is 10.0 Å². The van der Waals surface area contributed by atoms with E-state index in [0.29, 0.717) is 34.4 Å². The summed E-state index contributed by atoms with van der Waals surface area (Å²) in [4.78, 5) is 24.2. The normalized spacial score (nSPS) is 11.6. The number of anilines is 1. The van der Waals surface area contributed by atoms with Gasteiger partial charge >= 0.3 is 0 Å². The number of nitrogens with one attached hydrogen (secondary N) is 3. The van der Waals surface area contributed by atoms with Crippen LogP contribution in [0.5, 0.6) is 0 Å². The smallest absolute Gasteiger partial charge is 0.252 e. The van der Waals surface area contributed by atoms with Gasteiger partial charge in [0.05, 0.1) is 29.8 Å². The Morgan fingerprint density at radius 1 is 1.11 bits per heavy atom. The minimum atomic E-state index is -0.275. The Labute approximate surface area is 174 Å². The van der Waals surface area contributed by atoms with Crippen LogP contribution in [0.1, 0.15) is 28.9 Å². The van der Waals surface area contributed by atoms with E-state index in [1.54, 1.807) is 37.4 Å². The predicted molar refractivity (Wildman–Crippen MR) is 112 cm³/mol. The molecule has 0 spiro atoms. The fraction of sp³-hybridized carbons (Fsp3) is 0.300. The molecule has 2 aromatic rings. The molecule has 0 saturated carbocycles. The van der Waals surface area contributed by atoms with Gasteiger partial charge < -0.3 is 20.7 Å². The third kappa shape index (κ3) is 6.71. The van der Waals surface area contributed by atoms with Crippen LogP contribution in [-0.4, -0.2) is 38.6 Å². The zero-order valence-corrected chi connectivity index (χ0v) is 17.2. The summed E-state index contributed by atoms with van der Waals surface area (Å²) in [6.07, 6.45) is 0. The van der Waals surface area contributed by atoms with E-state index in [9.17, 15) is 9.59 Å². The molecule has 2 aromatic carbocycles. The number of methoxy groups -OCH3 is 1. The van der Waals surface area contributed by atoms with Gasteiger partial charge in [-0.1, -0.05) is 35.3 Å². The first-order valence-electron chi connectivity index (χ1n) is 8.76. The lowest BCUT2D eigenvalue weighted by Gasteiger charge is -2.15. The molecule has 3 N–H and O–H groups in total. The van der Waals surface area contributed by atoms with Crippen molar-refractivity contribution in [3.8, 4) is 0 Å². The second-order valence-electron chi connectivity index (χ2n) is 6.14. The number of carbonyl (C=O) groups excluding carboxylic acids is 2. The van der Waals surface area contributed by atoms with Gasteiger partial charge in [-0.2, -0.15) is 0 Å². The van der Waals surface area contributed by atoms with Gasteiger partial charge in [-0.15, -0.1) is 0 Å². The van der Waals surface area contributed by atoms with E-state index in [-0.39, 0.29) is 24.4 Å². The Balaban J connectivity index is 1.86. The molecule has 8 heteroatoms. The van der Waals surface area contributed by atoms with Crippen molar-refractivity contribution in [1.29, 1.82) is 0 Å². The summed E-state index contributed by atoms with van der Waals surface area (Å²) in [5.74, 6) is -0.442. The summed E-state index contributed by atoms with van der Waals surface area (Å²) in [7, 11) is 1.56. The minimum Gasteiger partial charge on any atom is -0.383 e. The number of carbonyl (C=O) groups is 2. The maximum Gasteiger partial charge on any atom is 0.252 e. The van der Waals surface area contributed by atoms with E-state index >= 15 is 0 Å². The third-order valence-corrected chi connectivity index (χ3v) is 4.57. The molecule has 1 atom stereocenters. The number of halogens is 2. The predicted octanol–water partition coefficient (Wildman–Crippen LogP) is 3.66. The van der Waals surface area contributed by atoms with Crippen molar-refractivity contribution in [3.63, 3.8) is 0 Å². The first-order valence-corrected chi connectivity index (χ1v) is 9.51. The van der Waals surface area contributed by atoms with E-state index in [1.807, 2.05) is 19.1 Å². The largest absolute Gasteiger partial charge is 0.383 e. The van der Waals surface area contributed by atoms with Crippen LogP contribution in [0.15, 0.2) is 42.5 Å². The number of hydrogen-bond donors (Lipinski definition) is 3. The van der Waals surface area contributed by atoms with Gasteiger partial charge in [-0.3, -0.25) is 9.59 Å². The highest BCUT2D eigenvalue weighted by Crippen LogP contribution is 2.21. The van der Waals surface area contributed by atoms with Crippen molar-refractivity contribution in [2.24, 2.45) is 0 Å². The van der Waals surface area contributed by atoms with E-state index < -0.39 is 0 Å². The van der Waals surface area contributed by atoms with Crippen molar-refractivity contribution >= 4 is 40.7 Å². The summed E-state index contributed by atoms with van der Waals surface area (Å²) in [5.41, 5.74) is 1.97. The fourth-order valence-corrected chi connectivity index (χ4v) is 2.87. The molecule has 0 fully saturated rings. The minimum absolute atomic E-state index is 0.0770. The average Bonchev–Trinajstić information content (AvgIpc) is 2.67. The zero-order valence-electron chi connectivity index (χ0n) is 15.7. The van der Waals surface area contributed by atoms with Crippen molar-refractivity contribution in [2.75, 3.05) is 32.1 Å². The number of benzene rings is 2. The zero-order chi connectivity index (χ0) is 20.5. The van der Waals surface area contributed by atoms with Gasteiger partial charge in [0, 0.05) is 24.4 Å². The second kappa shape index (κ2) is 10.9. The molecule has 150 valence electrons. The summed E-state index contributed by atoms with van der Waals surface area (Å²) in [5, 5.41) is 9.57. The highest BCUT2D eigenvalue weighted by atomic mass is 35.5. The summed E-state index contributed by atoms with van der Waals surface area (Å²) in [6.45, 7) is 2.80. The molecule has 0 heterocycles. The molecular formula is C20H23Cl2N3O3. The van der Waals surface area contributed by atoms with Gasteiger partial charge in [0.25, 0.3) is 5.91 Å². The topological polar surface area (TPSA) is 79.5 Å². The molecule has 1 unspecified atom stereocenters. The maximum absolute atomic E-state index is 12.2. The van der Waals surface area contributed by atoms with E-state index in [4.69, 9.17) is 27.9 Å². The van der Waals surface area contributed by atoms with E-state index in [1.165, 1.54) is 0 Å². The molecule has 6 nitrogen and oxygen atoms in total. The Morgan fingerprint density at radius 2 is 1.82 bits per heavy atom. The lowest BCUT2D eigenvalue weighted by Crippen LogP contribution is -2.32. The average molecular weight is 424 g/mol. The quantitative estimate of drug-likeness (QED) is 0.537. The van der Waals surface area contributed by atoms with Crippen LogP contribution < -0.4 is 16.0 Å². The molecule has 0 saturated heterocycles. The summed E-state index contributed by atoms with van der Waals surface area (Å²) < 4.78 is 4.89. The van der Waals surface area contributed by atoms with Gasteiger partial charge in [0.1, 0.15) is 0 Å². The Bertz CT molecular complexity index is 813. The standard InChI is InChI=1S/C20H23Cl2N3O3/c1-13(14-3-5-15(21)6-4-14)25-19(26)12-24-16-7-8-17(18(22)11-16)20(27)23-9-10-28-2/h3-8,11,13,24H,9-10,12H2,1-2H3,(H,23,27)(H,25,26). The Kier molecular flexibility index (Phi) is 8.57. The fourth-order valence-electron chi connectivity index (χ4n) is 2.48. The van der Waals surface area contributed by atoms with Crippen molar-refractivity contribution in [3.05, 3.63) is 63.6 Å². The van der Waals surface area contributed by atoms with Crippen LogP contribution in [-0.2, 0) is 9.53 Å².